The predicted octanol–water partition coefficient (Wildman–Crippen LogP) is 3.68. The molecule has 0 aromatic heterocycles. The number of fused-ring (bicyclic) bond motifs is 1. The maximum absolute atomic E-state index is 12.7. The molecule has 0 unspecified atom stereocenters. The monoisotopic (exact) mass is 392 g/mol. The molecule has 2 aromatic rings. The SMILES string of the molecule is O=C(c1ccc(Cl)cc1Cl)N1CCN(Cc2ccc3c(c2)OCO3)CC1. The van der Waals surface area contributed by atoms with Gasteiger partial charge in [0.05, 0.1) is 10.6 Å². The summed E-state index contributed by atoms with van der Waals surface area (Å²) in [5.74, 6) is 1.55. The minimum absolute atomic E-state index is 0.0469. The van der Waals surface area contributed by atoms with Crippen molar-refractivity contribution in [3.05, 3.63) is 57.6 Å². The summed E-state index contributed by atoms with van der Waals surface area (Å²) < 4.78 is 10.8. The third kappa shape index (κ3) is 3.61. The molecule has 0 aliphatic carbocycles. The van der Waals surface area contributed by atoms with Crippen molar-refractivity contribution in [1.82, 2.24) is 9.80 Å². The molecule has 2 aromatic carbocycles. The van der Waals surface area contributed by atoms with Gasteiger partial charge in [-0.25, -0.2) is 0 Å². The van der Waals surface area contributed by atoms with E-state index in [-0.39, 0.29) is 12.7 Å². The average molecular weight is 393 g/mol. The number of hydrogen-bond acceptors (Lipinski definition) is 4. The van der Waals surface area contributed by atoms with Gasteiger partial charge in [0.1, 0.15) is 0 Å². The van der Waals surface area contributed by atoms with E-state index in [0.29, 0.717) is 28.7 Å². The first-order valence-electron chi connectivity index (χ1n) is 8.45. The van der Waals surface area contributed by atoms with E-state index >= 15 is 0 Å². The van der Waals surface area contributed by atoms with Gasteiger partial charge in [-0.3, -0.25) is 9.69 Å². The molecular formula is C19H18Cl2N2O3. The molecule has 4 rings (SSSR count). The predicted molar refractivity (Wildman–Crippen MR) is 100 cm³/mol. The third-order valence-electron chi connectivity index (χ3n) is 4.66. The molecule has 0 N–H and O–H groups in total. The second-order valence-corrected chi connectivity index (χ2v) is 7.22. The van der Waals surface area contributed by atoms with Crippen molar-refractivity contribution in [3.8, 4) is 11.5 Å². The summed E-state index contributed by atoms with van der Waals surface area (Å²) in [5, 5.41) is 0.922. The Morgan fingerprint density at radius 2 is 1.73 bits per heavy atom. The number of amides is 1. The van der Waals surface area contributed by atoms with Crippen LogP contribution in [0.1, 0.15) is 15.9 Å². The fourth-order valence-electron chi connectivity index (χ4n) is 3.24. The lowest BCUT2D eigenvalue weighted by molar-refractivity contribution is 0.0628. The standard InChI is InChI=1S/C19H18Cl2N2O3/c20-14-2-3-15(16(21)10-14)19(24)23-7-5-22(6-8-23)11-13-1-4-17-18(9-13)26-12-25-17/h1-4,9-10H,5-8,11-12H2. The highest BCUT2D eigenvalue weighted by Gasteiger charge is 2.24. The minimum Gasteiger partial charge on any atom is -0.454 e. The van der Waals surface area contributed by atoms with Crippen LogP contribution in [0, 0.1) is 0 Å². The van der Waals surface area contributed by atoms with Crippen molar-refractivity contribution in [3.63, 3.8) is 0 Å². The van der Waals surface area contributed by atoms with Crippen LogP contribution in [0.25, 0.3) is 0 Å². The highest BCUT2D eigenvalue weighted by Crippen LogP contribution is 2.33. The molecule has 5 nitrogen and oxygen atoms in total. The van der Waals surface area contributed by atoms with E-state index in [1.165, 1.54) is 5.56 Å². The van der Waals surface area contributed by atoms with Crippen LogP contribution >= 0.6 is 23.2 Å². The van der Waals surface area contributed by atoms with Crippen molar-refractivity contribution >= 4 is 29.1 Å². The molecule has 0 radical (unpaired) electrons. The molecule has 136 valence electrons. The Labute approximate surface area is 162 Å². The quantitative estimate of drug-likeness (QED) is 0.798. The molecule has 0 bridgehead atoms. The number of ether oxygens (including phenoxy) is 2. The topological polar surface area (TPSA) is 42.0 Å². The van der Waals surface area contributed by atoms with Crippen LogP contribution in [0.2, 0.25) is 10.0 Å². The lowest BCUT2D eigenvalue weighted by Gasteiger charge is -2.35. The van der Waals surface area contributed by atoms with Gasteiger partial charge in [-0.1, -0.05) is 29.3 Å². The van der Waals surface area contributed by atoms with Crippen molar-refractivity contribution in [2.45, 2.75) is 6.54 Å². The average Bonchev–Trinajstić information content (AvgIpc) is 3.10. The molecule has 0 spiro atoms. The van der Waals surface area contributed by atoms with Gasteiger partial charge < -0.3 is 14.4 Å². The van der Waals surface area contributed by atoms with Crippen molar-refractivity contribution in [1.29, 1.82) is 0 Å². The minimum atomic E-state index is -0.0469. The Kier molecular flexibility index (Phi) is 4.94. The van der Waals surface area contributed by atoms with Gasteiger partial charge in [-0.05, 0) is 35.9 Å². The zero-order valence-electron chi connectivity index (χ0n) is 14.1. The number of piperazine rings is 1. The van der Waals surface area contributed by atoms with Gasteiger partial charge in [-0.2, -0.15) is 0 Å². The molecule has 2 aliphatic heterocycles. The first-order valence-corrected chi connectivity index (χ1v) is 9.21. The summed E-state index contributed by atoms with van der Waals surface area (Å²) in [5.41, 5.74) is 1.68. The van der Waals surface area contributed by atoms with Crippen LogP contribution in [0.5, 0.6) is 11.5 Å². The summed E-state index contributed by atoms with van der Waals surface area (Å²) >= 11 is 12.1. The Morgan fingerprint density at radius 1 is 0.962 bits per heavy atom. The zero-order chi connectivity index (χ0) is 18.1. The first-order chi connectivity index (χ1) is 12.6. The highest BCUT2D eigenvalue weighted by atomic mass is 35.5. The molecule has 7 heteroatoms. The van der Waals surface area contributed by atoms with Crippen LogP contribution < -0.4 is 9.47 Å². The fourth-order valence-corrected chi connectivity index (χ4v) is 3.73. The van der Waals surface area contributed by atoms with E-state index in [4.69, 9.17) is 32.7 Å². The summed E-state index contributed by atoms with van der Waals surface area (Å²) in [7, 11) is 0. The van der Waals surface area contributed by atoms with Crippen molar-refractivity contribution in [2.24, 2.45) is 0 Å². The van der Waals surface area contributed by atoms with Crippen LogP contribution in [0.15, 0.2) is 36.4 Å². The molecule has 0 saturated carbocycles. The summed E-state index contributed by atoms with van der Waals surface area (Å²) in [6.45, 7) is 4.06. The van der Waals surface area contributed by atoms with Crippen LogP contribution in [-0.4, -0.2) is 48.7 Å². The number of halogens is 2. The number of hydrogen-bond donors (Lipinski definition) is 0. The zero-order valence-corrected chi connectivity index (χ0v) is 15.6. The smallest absolute Gasteiger partial charge is 0.255 e. The lowest BCUT2D eigenvalue weighted by Crippen LogP contribution is -2.48. The summed E-state index contributed by atoms with van der Waals surface area (Å²) in [6, 6.07) is 11.0. The number of carbonyl (C=O) groups is 1. The van der Waals surface area contributed by atoms with Crippen LogP contribution in [-0.2, 0) is 6.54 Å². The van der Waals surface area contributed by atoms with E-state index < -0.39 is 0 Å². The number of rotatable bonds is 3. The largest absolute Gasteiger partial charge is 0.454 e. The van der Waals surface area contributed by atoms with Gasteiger partial charge in [0, 0.05) is 37.7 Å². The molecule has 0 atom stereocenters. The normalized spacial score (nSPS) is 16.8. The maximum atomic E-state index is 12.7. The molecule has 26 heavy (non-hydrogen) atoms. The second kappa shape index (κ2) is 7.35. The Hall–Kier alpha value is -1.95. The molecule has 1 amide bonds. The Balaban J connectivity index is 1.36. The second-order valence-electron chi connectivity index (χ2n) is 6.38. The first kappa shape index (κ1) is 17.5. The van der Waals surface area contributed by atoms with Gasteiger partial charge in [0.25, 0.3) is 5.91 Å². The van der Waals surface area contributed by atoms with Crippen LogP contribution in [0.3, 0.4) is 0 Å². The number of benzene rings is 2. The molecular weight excluding hydrogens is 375 g/mol. The number of carbonyl (C=O) groups excluding carboxylic acids is 1. The summed E-state index contributed by atoms with van der Waals surface area (Å²) in [6.07, 6.45) is 0. The fraction of sp³-hybridized carbons (Fsp3) is 0.316. The van der Waals surface area contributed by atoms with Crippen molar-refractivity contribution in [2.75, 3.05) is 33.0 Å². The van der Waals surface area contributed by atoms with E-state index in [2.05, 4.69) is 11.0 Å². The van der Waals surface area contributed by atoms with Gasteiger partial charge in [-0.15, -0.1) is 0 Å². The van der Waals surface area contributed by atoms with E-state index in [1.54, 1.807) is 18.2 Å². The highest BCUT2D eigenvalue weighted by molar-refractivity contribution is 6.36. The molecule has 2 aliphatic rings. The third-order valence-corrected chi connectivity index (χ3v) is 5.21. The molecule has 1 fully saturated rings. The lowest BCUT2D eigenvalue weighted by atomic mass is 10.1. The Morgan fingerprint density at radius 3 is 2.50 bits per heavy atom. The number of nitrogens with zero attached hydrogens (tertiary/aromatic N) is 2. The summed E-state index contributed by atoms with van der Waals surface area (Å²) in [4.78, 5) is 16.8. The van der Waals surface area contributed by atoms with Crippen LogP contribution in [0.4, 0.5) is 0 Å². The van der Waals surface area contributed by atoms with Crippen molar-refractivity contribution < 1.29 is 14.3 Å². The van der Waals surface area contributed by atoms with E-state index in [1.807, 2.05) is 17.0 Å². The van der Waals surface area contributed by atoms with E-state index in [9.17, 15) is 4.79 Å². The van der Waals surface area contributed by atoms with E-state index in [0.717, 1.165) is 31.1 Å². The van der Waals surface area contributed by atoms with Gasteiger partial charge in [0.15, 0.2) is 11.5 Å². The van der Waals surface area contributed by atoms with Gasteiger partial charge in [0.2, 0.25) is 6.79 Å². The molecule has 1 saturated heterocycles. The molecule has 2 heterocycles. The maximum Gasteiger partial charge on any atom is 0.255 e. The Bertz CT molecular complexity index is 836. The van der Waals surface area contributed by atoms with Gasteiger partial charge >= 0.3 is 0 Å².